The summed E-state index contributed by atoms with van der Waals surface area (Å²) in [6.07, 6.45) is 2.29. The topological polar surface area (TPSA) is 110 Å². The van der Waals surface area contributed by atoms with E-state index in [1.165, 1.54) is 11.3 Å². The van der Waals surface area contributed by atoms with E-state index in [0.717, 1.165) is 19.3 Å². The van der Waals surface area contributed by atoms with Crippen molar-refractivity contribution in [2.24, 2.45) is 5.92 Å². The average molecular weight is 314 g/mol. The van der Waals surface area contributed by atoms with Crippen LogP contribution >= 0.6 is 11.3 Å². The van der Waals surface area contributed by atoms with Gasteiger partial charge in [-0.3, -0.25) is 4.79 Å². The van der Waals surface area contributed by atoms with Gasteiger partial charge in [-0.05, 0) is 25.2 Å². The van der Waals surface area contributed by atoms with Gasteiger partial charge >= 0.3 is 0 Å². The minimum Gasteiger partial charge on any atom is -0.393 e. The molecule has 1 aliphatic rings. The summed E-state index contributed by atoms with van der Waals surface area (Å²) < 4.78 is 4.94. The third kappa shape index (κ3) is 4.55. The Morgan fingerprint density at radius 1 is 1.57 bits per heavy atom. The molecule has 118 valence electrons. The predicted octanol–water partition coefficient (Wildman–Crippen LogP) is 0.674. The molecule has 7 nitrogen and oxygen atoms in total. The molecule has 5 N–H and O–H groups in total. The zero-order valence-corrected chi connectivity index (χ0v) is 12.9. The Labute approximate surface area is 127 Å². The molecular weight excluding hydrogens is 292 g/mol. The fourth-order valence-electron chi connectivity index (χ4n) is 2.38. The lowest BCUT2D eigenvalue weighted by atomic mass is 10.1. The maximum Gasteiger partial charge on any atom is 0.265 e. The molecule has 1 heterocycles. The maximum absolute atomic E-state index is 12.1. The SMILES string of the molecule is COCCNc1nc(N)c(C(=O)NCC2CCC(O)C2)s1. The second kappa shape index (κ2) is 7.58. The predicted molar refractivity (Wildman–Crippen MR) is 82.6 cm³/mol. The van der Waals surface area contributed by atoms with Crippen LogP contribution in [0.2, 0.25) is 0 Å². The second-order valence-electron chi connectivity index (χ2n) is 5.20. The first-order valence-electron chi connectivity index (χ1n) is 7.05. The Balaban J connectivity index is 1.84. The summed E-state index contributed by atoms with van der Waals surface area (Å²) >= 11 is 1.24. The van der Waals surface area contributed by atoms with Crippen LogP contribution in [0.15, 0.2) is 0 Å². The fourth-order valence-corrected chi connectivity index (χ4v) is 3.21. The van der Waals surface area contributed by atoms with Crippen LogP contribution in [-0.2, 0) is 4.74 Å². The molecule has 0 radical (unpaired) electrons. The number of nitrogens with two attached hydrogens (primary N) is 1. The summed E-state index contributed by atoms with van der Waals surface area (Å²) in [5.74, 6) is 0.382. The van der Waals surface area contributed by atoms with Crippen LogP contribution in [-0.4, -0.2) is 48.9 Å². The number of anilines is 2. The highest BCUT2D eigenvalue weighted by atomic mass is 32.1. The number of ether oxygens (including phenoxy) is 1. The summed E-state index contributed by atoms with van der Waals surface area (Å²) in [6.45, 7) is 1.75. The van der Waals surface area contributed by atoms with Gasteiger partial charge in [0.05, 0.1) is 12.7 Å². The molecule has 1 aromatic rings. The normalized spacial score (nSPS) is 21.4. The molecule has 0 aliphatic heterocycles. The van der Waals surface area contributed by atoms with Crippen molar-refractivity contribution < 1.29 is 14.6 Å². The van der Waals surface area contributed by atoms with Gasteiger partial charge in [0.2, 0.25) is 0 Å². The summed E-state index contributed by atoms with van der Waals surface area (Å²) in [7, 11) is 1.62. The molecule has 1 aliphatic carbocycles. The summed E-state index contributed by atoms with van der Waals surface area (Å²) in [4.78, 5) is 16.7. The lowest BCUT2D eigenvalue weighted by Gasteiger charge is -2.10. The third-order valence-corrected chi connectivity index (χ3v) is 4.53. The molecule has 2 rings (SSSR count). The van der Waals surface area contributed by atoms with Gasteiger partial charge in [-0.1, -0.05) is 11.3 Å². The van der Waals surface area contributed by atoms with Gasteiger partial charge in [0, 0.05) is 20.2 Å². The van der Waals surface area contributed by atoms with E-state index in [9.17, 15) is 9.90 Å². The molecule has 21 heavy (non-hydrogen) atoms. The lowest BCUT2D eigenvalue weighted by molar-refractivity contribution is 0.0950. The quantitative estimate of drug-likeness (QED) is 0.551. The van der Waals surface area contributed by atoms with E-state index in [2.05, 4.69) is 15.6 Å². The van der Waals surface area contributed by atoms with Gasteiger partial charge < -0.3 is 26.2 Å². The van der Waals surface area contributed by atoms with Crippen molar-refractivity contribution in [3.05, 3.63) is 4.88 Å². The molecule has 1 saturated carbocycles. The van der Waals surface area contributed by atoms with Crippen molar-refractivity contribution in [3.63, 3.8) is 0 Å². The Morgan fingerprint density at radius 3 is 3.05 bits per heavy atom. The number of nitrogens with zero attached hydrogens (tertiary/aromatic N) is 1. The number of carbonyl (C=O) groups excluding carboxylic acids is 1. The van der Waals surface area contributed by atoms with Crippen molar-refractivity contribution in [1.82, 2.24) is 10.3 Å². The number of hydrogen-bond acceptors (Lipinski definition) is 7. The molecule has 1 amide bonds. The monoisotopic (exact) mass is 314 g/mol. The number of aromatic nitrogens is 1. The number of aliphatic hydroxyl groups excluding tert-OH is 1. The average Bonchev–Trinajstić information content (AvgIpc) is 3.03. The summed E-state index contributed by atoms with van der Waals surface area (Å²) in [5.41, 5.74) is 5.78. The number of nitrogen functional groups attached to an aromatic ring is 1. The van der Waals surface area contributed by atoms with Crippen molar-refractivity contribution in [2.45, 2.75) is 25.4 Å². The van der Waals surface area contributed by atoms with Crippen LogP contribution < -0.4 is 16.4 Å². The number of amides is 1. The van der Waals surface area contributed by atoms with E-state index in [1.807, 2.05) is 0 Å². The van der Waals surface area contributed by atoms with Crippen LogP contribution in [0, 0.1) is 5.92 Å². The molecule has 0 spiro atoms. The Hall–Kier alpha value is -1.38. The molecular formula is C13H22N4O3S. The zero-order chi connectivity index (χ0) is 15.2. The Bertz CT molecular complexity index is 480. The van der Waals surface area contributed by atoms with Crippen LogP contribution in [0.25, 0.3) is 0 Å². The highest BCUT2D eigenvalue weighted by Crippen LogP contribution is 2.26. The van der Waals surface area contributed by atoms with Crippen LogP contribution in [0.1, 0.15) is 28.9 Å². The van der Waals surface area contributed by atoms with Gasteiger partial charge in [0.1, 0.15) is 10.7 Å². The standard InChI is InChI=1S/C13H22N4O3S/c1-20-5-4-15-13-17-11(14)10(21-13)12(19)16-7-8-2-3-9(18)6-8/h8-9,18H,2-7,14H2,1H3,(H,15,17)(H,16,19). The van der Waals surface area contributed by atoms with E-state index >= 15 is 0 Å². The Morgan fingerprint density at radius 2 is 2.38 bits per heavy atom. The first-order valence-corrected chi connectivity index (χ1v) is 7.87. The third-order valence-electron chi connectivity index (χ3n) is 3.51. The molecule has 1 fully saturated rings. The molecule has 0 bridgehead atoms. The van der Waals surface area contributed by atoms with Crippen molar-refractivity contribution >= 4 is 28.2 Å². The molecule has 2 unspecified atom stereocenters. The van der Waals surface area contributed by atoms with Crippen LogP contribution in [0.3, 0.4) is 0 Å². The number of carbonyl (C=O) groups is 1. The number of aliphatic hydroxyl groups is 1. The van der Waals surface area contributed by atoms with Gasteiger partial charge in [-0.15, -0.1) is 0 Å². The largest absolute Gasteiger partial charge is 0.393 e. The van der Waals surface area contributed by atoms with E-state index in [-0.39, 0.29) is 17.8 Å². The lowest BCUT2D eigenvalue weighted by Crippen LogP contribution is -2.28. The van der Waals surface area contributed by atoms with Gasteiger partial charge in [-0.25, -0.2) is 4.98 Å². The van der Waals surface area contributed by atoms with Crippen molar-refractivity contribution in [3.8, 4) is 0 Å². The van der Waals surface area contributed by atoms with Crippen molar-refractivity contribution in [1.29, 1.82) is 0 Å². The van der Waals surface area contributed by atoms with Gasteiger partial charge in [-0.2, -0.15) is 0 Å². The van der Waals surface area contributed by atoms with Crippen molar-refractivity contribution in [2.75, 3.05) is 37.9 Å². The van der Waals surface area contributed by atoms with Crippen LogP contribution in [0.5, 0.6) is 0 Å². The second-order valence-corrected chi connectivity index (χ2v) is 6.19. The van der Waals surface area contributed by atoms with Gasteiger partial charge in [0.15, 0.2) is 5.13 Å². The minimum absolute atomic E-state index is 0.203. The number of nitrogens with one attached hydrogen (secondary N) is 2. The van der Waals surface area contributed by atoms with E-state index in [0.29, 0.717) is 35.6 Å². The zero-order valence-electron chi connectivity index (χ0n) is 12.1. The highest BCUT2D eigenvalue weighted by Gasteiger charge is 2.24. The van der Waals surface area contributed by atoms with Gasteiger partial charge in [0.25, 0.3) is 5.91 Å². The first-order chi connectivity index (χ1) is 10.1. The smallest absolute Gasteiger partial charge is 0.265 e. The molecule has 8 heteroatoms. The maximum atomic E-state index is 12.1. The van der Waals surface area contributed by atoms with E-state index < -0.39 is 0 Å². The first kappa shape index (κ1) is 16.0. The minimum atomic E-state index is -0.225. The molecule has 0 saturated heterocycles. The number of hydrogen-bond donors (Lipinski definition) is 4. The number of thiazole rings is 1. The van der Waals surface area contributed by atoms with E-state index in [1.54, 1.807) is 7.11 Å². The fraction of sp³-hybridized carbons (Fsp3) is 0.692. The summed E-state index contributed by atoms with van der Waals surface area (Å²) in [6, 6.07) is 0. The molecule has 1 aromatic heterocycles. The summed E-state index contributed by atoms with van der Waals surface area (Å²) in [5, 5.41) is 16.0. The van der Waals surface area contributed by atoms with E-state index in [4.69, 9.17) is 10.5 Å². The molecule has 0 aromatic carbocycles. The number of rotatable bonds is 7. The Kier molecular flexibility index (Phi) is 5.77. The number of methoxy groups -OCH3 is 1. The van der Waals surface area contributed by atoms with Crippen LogP contribution in [0.4, 0.5) is 10.9 Å². The highest BCUT2D eigenvalue weighted by molar-refractivity contribution is 7.18. The molecule has 2 atom stereocenters.